The van der Waals surface area contributed by atoms with Crippen LogP contribution in [0.4, 0.5) is 0 Å². The molecule has 5 heteroatoms. The van der Waals surface area contributed by atoms with E-state index in [9.17, 15) is 0 Å². The van der Waals surface area contributed by atoms with E-state index < -0.39 is 0 Å². The van der Waals surface area contributed by atoms with Crippen LogP contribution in [-0.4, -0.2) is 31.1 Å². The molecule has 4 nitrogen and oxygen atoms in total. The minimum atomic E-state index is 0.611. The maximum Gasteiger partial charge on any atom is 0.191 e. The largest absolute Gasteiger partial charge is 0.372 e. The first kappa shape index (κ1) is 22.3. The van der Waals surface area contributed by atoms with Gasteiger partial charge in [-0.3, -0.25) is 0 Å². The van der Waals surface area contributed by atoms with Crippen molar-refractivity contribution in [3.63, 3.8) is 0 Å². The standard InChI is InChI=1S/C23H33N3OS/c1-3-24-23(25-14-7-8-15-28-2)26-17-21-12-9-13-22(16-21)19-27-18-20-10-5-4-6-11-20/h4-6,9-13,16H,3,7-8,14-15,17-19H2,1-2H3,(H2,24,25,26). The van der Waals surface area contributed by atoms with E-state index in [2.05, 4.69) is 60.2 Å². The molecule has 0 aliphatic carbocycles. The summed E-state index contributed by atoms with van der Waals surface area (Å²) in [6.45, 7) is 5.82. The first-order chi connectivity index (χ1) is 13.8. The third kappa shape index (κ3) is 9.29. The second-order valence-corrected chi connectivity index (χ2v) is 7.61. The summed E-state index contributed by atoms with van der Waals surface area (Å²) in [4.78, 5) is 4.72. The Morgan fingerprint density at radius 1 is 0.929 bits per heavy atom. The molecule has 2 aromatic carbocycles. The van der Waals surface area contributed by atoms with E-state index in [0.717, 1.165) is 19.0 Å². The number of nitrogens with one attached hydrogen (secondary N) is 2. The Hall–Kier alpha value is -1.98. The Kier molecular flexibility index (Phi) is 11.2. The van der Waals surface area contributed by atoms with Crippen LogP contribution in [0.2, 0.25) is 0 Å². The van der Waals surface area contributed by atoms with Gasteiger partial charge in [0.15, 0.2) is 5.96 Å². The molecule has 0 amide bonds. The van der Waals surface area contributed by atoms with Crippen LogP contribution in [-0.2, 0) is 24.5 Å². The van der Waals surface area contributed by atoms with Crippen molar-refractivity contribution in [3.8, 4) is 0 Å². The number of ether oxygens (including phenoxy) is 1. The molecule has 0 saturated carbocycles. The predicted octanol–water partition coefficient (Wildman–Crippen LogP) is 4.60. The average Bonchev–Trinajstić information content (AvgIpc) is 2.73. The van der Waals surface area contributed by atoms with E-state index >= 15 is 0 Å². The van der Waals surface area contributed by atoms with Gasteiger partial charge in [0.25, 0.3) is 0 Å². The van der Waals surface area contributed by atoms with E-state index in [1.165, 1.54) is 35.3 Å². The number of unbranched alkanes of at least 4 members (excludes halogenated alkanes) is 1. The highest BCUT2D eigenvalue weighted by atomic mass is 32.2. The zero-order valence-electron chi connectivity index (χ0n) is 17.1. The molecular formula is C23H33N3OS. The highest BCUT2D eigenvalue weighted by Crippen LogP contribution is 2.10. The van der Waals surface area contributed by atoms with Crippen molar-refractivity contribution in [1.82, 2.24) is 10.6 Å². The van der Waals surface area contributed by atoms with Crippen molar-refractivity contribution < 1.29 is 4.74 Å². The van der Waals surface area contributed by atoms with E-state index in [0.29, 0.717) is 19.8 Å². The number of rotatable bonds is 12. The van der Waals surface area contributed by atoms with Gasteiger partial charge in [0.2, 0.25) is 0 Å². The predicted molar refractivity (Wildman–Crippen MR) is 122 cm³/mol. The van der Waals surface area contributed by atoms with Gasteiger partial charge in [0.05, 0.1) is 19.8 Å². The van der Waals surface area contributed by atoms with E-state index in [1.54, 1.807) is 0 Å². The highest BCUT2D eigenvalue weighted by Gasteiger charge is 2.00. The number of hydrogen-bond acceptors (Lipinski definition) is 3. The minimum absolute atomic E-state index is 0.611. The molecule has 2 N–H and O–H groups in total. The van der Waals surface area contributed by atoms with Gasteiger partial charge in [-0.1, -0.05) is 54.6 Å². The molecule has 0 spiro atoms. The summed E-state index contributed by atoms with van der Waals surface area (Å²) in [5.74, 6) is 2.10. The lowest BCUT2D eigenvalue weighted by Crippen LogP contribution is -2.37. The SMILES string of the molecule is CCNC(=NCc1cccc(COCc2ccccc2)c1)NCCCCSC. The Bertz CT molecular complexity index is 691. The van der Waals surface area contributed by atoms with Gasteiger partial charge in [-0.15, -0.1) is 0 Å². The van der Waals surface area contributed by atoms with Crippen molar-refractivity contribution >= 4 is 17.7 Å². The fourth-order valence-corrected chi connectivity index (χ4v) is 3.26. The van der Waals surface area contributed by atoms with Crippen molar-refractivity contribution in [3.05, 3.63) is 71.3 Å². The molecule has 152 valence electrons. The Balaban J connectivity index is 1.81. The molecule has 0 heterocycles. The fourth-order valence-electron chi connectivity index (χ4n) is 2.77. The van der Waals surface area contributed by atoms with E-state index in [-0.39, 0.29) is 0 Å². The number of hydrogen-bond donors (Lipinski definition) is 2. The third-order valence-electron chi connectivity index (χ3n) is 4.20. The first-order valence-corrected chi connectivity index (χ1v) is 11.4. The summed E-state index contributed by atoms with van der Waals surface area (Å²) in [5, 5.41) is 6.74. The molecule has 0 aliphatic rings. The van der Waals surface area contributed by atoms with Crippen LogP contribution in [0.5, 0.6) is 0 Å². The zero-order valence-corrected chi connectivity index (χ0v) is 17.9. The summed E-state index contributed by atoms with van der Waals surface area (Å²) < 4.78 is 5.85. The van der Waals surface area contributed by atoms with Gasteiger partial charge in [-0.2, -0.15) is 11.8 Å². The van der Waals surface area contributed by atoms with E-state index in [4.69, 9.17) is 9.73 Å². The Morgan fingerprint density at radius 3 is 2.46 bits per heavy atom. The van der Waals surface area contributed by atoms with Gasteiger partial charge >= 0.3 is 0 Å². The van der Waals surface area contributed by atoms with Crippen molar-refractivity contribution in [2.45, 2.75) is 39.5 Å². The molecule has 2 aromatic rings. The molecule has 28 heavy (non-hydrogen) atoms. The monoisotopic (exact) mass is 399 g/mol. The number of thioether (sulfide) groups is 1. The molecule has 0 unspecified atom stereocenters. The van der Waals surface area contributed by atoms with Crippen LogP contribution < -0.4 is 10.6 Å². The minimum Gasteiger partial charge on any atom is -0.372 e. The molecule has 0 aromatic heterocycles. The van der Waals surface area contributed by atoms with Crippen LogP contribution in [0.15, 0.2) is 59.6 Å². The molecule has 2 rings (SSSR count). The van der Waals surface area contributed by atoms with Gasteiger partial charge in [0, 0.05) is 13.1 Å². The molecule has 0 radical (unpaired) electrons. The molecular weight excluding hydrogens is 366 g/mol. The zero-order chi connectivity index (χ0) is 19.9. The number of aliphatic imine (C=N–C) groups is 1. The second-order valence-electron chi connectivity index (χ2n) is 6.62. The second kappa shape index (κ2) is 14.1. The van der Waals surface area contributed by atoms with Gasteiger partial charge < -0.3 is 15.4 Å². The van der Waals surface area contributed by atoms with E-state index in [1.807, 2.05) is 30.0 Å². The number of nitrogens with zero attached hydrogens (tertiary/aromatic N) is 1. The number of guanidine groups is 1. The van der Waals surface area contributed by atoms with Gasteiger partial charge in [0.1, 0.15) is 0 Å². The quantitative estimate of drug-likeness (QED) is 0.311. The van der Waals surface area contributed by atoms with Crippen LogP contribution in [0.1, 0.15) is 36.5 Å². The summed E-state index contributed by atoms with van der Waals surface area (Å²) in [6.07, 6.45) is 4.55. The molecule has 0 atom stereocenters. The fraction of sp³-hybridized carbons (Fsp3) is 0.435. The van der Waals surface area contributed by atoms with Crippen molar-refractivity contribution in [1.29, 1.82) is 0 Å². The lowest BCUT2D eigenvalue weighted by atomic mass is 10.1. The number of benzene rings is 2. The normalized spacial score (nSPS) is 11.4. The third-order valence-corrected chi connectivity index (χ3v) is 4.90. The van der Waals surface area contributed by atoms with Crippen LogP contribution in [0.3, 0.4) is 0 Å². The summed E-state index contributed by atoms with van der Waals surface area (Å²) in [5.41, 5.74) is 3.57. The topological polar surface area (TPSA) is 45.7 Å². The van der Waals surface area contributed by atoms with Crippen molar-refractivity contribution in [2.24, 2.45) is 4.99 Å². The highest BCUT2D eigenvalue weighted by molar-refractivity contribution is 7.98. The molecule has 0 fully saturated rings. The summed E-state index contributed by atoms with van der Waals surface area (Å²) in [6, 6.07) is 18.7. The van der Waals surface area contributed by atoms with Crippen LogP contribution in [0, 0.1) is 0 Å². The maximum absolute atomic E-state index is 5.85. The molecule has 0 saturated heterocycles. The smallest absolute Gasteiger partial charge is 0.191 e. The molecule has 0 bridgehead atoms. The Labute approximate surface area is 174 Å². The maximum atomic E-state index is 5.85. The lowest BCUT2D eigenvalue weighted by molar-refractivity contribution is 0.107. The lowest BCUT2D eigenvalue weighted by Gasteiger charge is -2.11. The summed E-state index contributed by atoms with van der Waals surface area (Å²) >= 11 is 1.90. The van der Waals surface area contributed by atoms with Crippen molar-refractivity contribution in [2.75, 3.05) is 25.1 Å². The van der Waals surface area contributed by atoms with Crippen LogP contribution >= 0.6 is 11.8 Å². The summed E-state index contributed by atoms with van der Waals surface area (Å²) in [7, 11) is 0. The first-order valence-electron chi connectivity index (χ1n) is 10.0. The van der Waals surface area contributed by atoms with Gasteiger partial charge in [-0.25, -0.2) is 4.99 Å². The molecule has 0 aliphatic heterocycles. The average molecular weight is 400 g/mol. The van der Waals surface area contributed by atoms with Crippen LogP contribution in [0.25, 0.3) is 0 Å². The Morgan fingerprint density at radius 2 is 1.68 bits per heavy atom. The van der Waals surface area contributed by atoms with Gasteiger partial charge in [-0.05, 0) is 48.5 Å².